The highest BCUT2D eigenvalue weighted by Crippen LogP contribution is 2.25. The molecule has 0 atom stereocenters. The molecule has 0 fully saturated rings. The number of halogens is 1. The third-order valence-electron chi connectivity index (χ3n) is 3.42. The summed E-state index contributed by atoms with van der Waals surface area (Å²) in [6.45, 7) is 4.09. The molecule has 3 aromatic rings. The molecule has 0 aliphatic carbocycles. The predicted molar refractivity (Wildman–Crippen MR) is 98.0 cm³/mol. The molecule has 0 aliphatic rings. The maximum atomic E-state index is 6.07. The van der Waals surface area contributed by atoms with Crippen molar-refractivity contribution < 1.29 is 0 Å². The highest BCUT2D eigenvalue weighted by molar-refractivity contribution is 7.98. The van der Waals surface area contributed by atoms with Crippen LogP contribution in [0.15, 0.2) is 59.6 Å². The minimum absolute atomic E-state index is 0.696. The fraction of sp³-hybridized carbons (Fsp3) is 0.158. The zero-order valence-electron chi connectivity index (χ0n) is 13.1. The number of benzene rings is 2. The van der Waals surface area contributed by atoms with Gasteiger partial charge in [0.05, 0.1) is 0 Å². The Hall–Kier alpha value is -1.84. The van der Waals surface area contributed by atoms with Gasteiger partial charge in [-0.1, -0.05) is 53.6 Å². The number of hydrogen-bond donors (Lipinski definition) is 0. The van der Waals surface area contributed by atoms with Crippen molar-refractivity contribution in [2.24, 2.45) is 0 Å². The number of aryl methyl sites for hydroxylation is 2. The van der Waals surface area contributed by atoms with E-state index in [9.17, 15) is 0 Å². The molecule has 4 heteroatoms. The van der Waals surface area contributed by atoms with Gasteiger partial charge in [-0.25, -0.2) is 9.97 Å². The average molecular weight is 341 g/mol. The van der Waals surface area contributed by atoms with Gasteiger partial charge < -0.3 is 0 Å². The van der Waals surface area contributed by atoms with Crippen LogP contribution in [0, 0.1) is 13.8 Å². The van der Waals surface area contributed by atoms with Crippen LogP contribution in [0.25, 0.3) is 11.4 Å². The minimum atomic E-state index is 0.696. The van der Waals surface area contributed by atoms with E-state index in [1.54, 1.807) is 11.8 Å². The van der Waals surface area contributed by atoms with Gasteiger partial charge in [-0.15, -0.1) is 11.8 Å². The monoisotopic (exact) mass is 340 g/mol. The van der Waals surface area contributed by atoms with E-state index in [1.807, 2.05) is 37.3 Å². The average Bonchev–Trinajstić information content (AvgIpc) is 2.54. The van der Waals surface area contributed by atoms with E-state index in [0.29, 0.717) is 5.02 Å². The fourth-order valence-corrected chi connectivity index (χ4v) is 3.31. The molecule has 0 saturated carbocycles. The second-order valence-corrected chi connectivity index (χ2v) is 6.89. The maximum Gasteiger partial charge on any atom is 0.160 e. The highest BCUT2D eigenvalue weighted by Gasteiger charge is 2.06. The van der Waals surface area contributed by atoms with Crippen molar-refractivity contribution in [3.05, 3.63) is 76.4 Å². The SMILES string of the molecule is Cc1ccc(CSc2cc(C)nc(-c3cccc(Cl)c3)n2)cc1. The quantitative estimate of drug-likeness (QED) is 0.449. The van der Waals surface area contributed by atoms with Crippen molar-refractivity contribution in [2.45, 2.75) is 24.6 Å². The molecule has 0 unspecified atom stereocenters. The van der Waals surface area contributed by atoms with Crippen LogP contribution in [0.3, 0.4) is 0 Å². The minimum Gasteiger partial charge on any atom is -0.233 e. The molecule has 1 heterocycles. The van der Waals surface area contributed by atoms with Crippen LogP contribution in [0.2, 0.25) is 5.02 Å². The van der Waals surface area contributed by atoms with Crippen LogP contribution < -0.4 is 0 Å². The van der Waals surface area contributed by atoms with E-state index in [0.717, 1.165) is 27.9 Å². The van der Waals surface area contributed by atoms with Gasteiger partial charge in [-0.2, -0.15) is 0 Å². The first-order valence-corrected chi connectivity index (χ1v) is 8.76. The Balaban J connectivity index is 1.81. The molecule has 0 radical (unpaired) electrons. The van der Waals surface area contributed by atoms with Gasteiger partial charge in [0, 0.05) is 22.0 Å². The van der Waals surface area contributed by atoms with Crippen molar-refractivity contribution in [2.75, 3.05) is 0 Å². The molecule has 23 heavy (non-hydrogen) atoms. The Morgan fingerprint density at radius 1 is 0.957 bits per heavy atom. The van der Waals surface area contributed by atoms with Crippen molar-refractivity contribution in [1.29, 1.82) is 0 Å². The molecule has 0 saturated heterocycles. The normalized spacial score (nSPS) is 10.7. The first-order valence-electron chi connectivity index (χ1n) is 7.40. The second-order valence-electron chi connectivity index (χ2n) is 5.46. The van der Waals surface area contributed by atoms with Crippen LogP contribution in [0.5, 0.6) is 0 Å². The van der Waals surface area contributed by atoms with E-state index in [1.165, 1.54) is 11.1 Å². The maximum absolute atomic E-state index is 6.07. The van der Waals surface area contributed by atoms with Crippen molar-refractivity contribution in [3.8, 4) is 11.4 Å². The Bertz CT molecular complexity index is 816. The standard InChI is InChI=1S/C19H17ClN2S/c1-13-6-8-15(9-7-13)12-23-18-10-14(2)21-19(22-18)16-4-3-5-17(20)11-16/h3-11H,12H2,1-2H3. The third kappa shape index (κ3) is 4.34. The molecule has 0 N–H and O–H groups in total. The van der Waals surface area contributed by atoms with E-state index in [-0.39, 0.29) is 0 Å². The van der Waals surface area contributed by atoms with Gasteiger partial charge in [0.1, 0.15) is 5.03 Å². The first kappa shape index (κ1) is 16.0. The van der Waals surface area contributed by atoms with Crippen molar-refractivity contribution in [3.63, 3.8) is 0 Å². The van der Waals surface area contributed by atoms with Crippen LogP contribution in [-0.4, -0.2) is 9.97 Å². The first-order chi connectivity index (χ1) is 11.1. The molecule has 2 nitrogen and oxygen atoms in total. The zero-order valence-corrected chi connectivity index (χ0v) is 14.7. The summed E-state index contributed by atoms with van der Waals surface area (Å²) >= 11 is 7.79. The smallest absolute Gasteiger partial charge is 0.160 e. The summed E-state index contributed by atoms with van der Waals surface area (Å²) in [5.74, 6) is 1.62. The van der Waals surface area contributed by atoms with Gasteiger partial charge in [-0.05, 0) is 37.6 Å². The molecule has 2 aromatic carbocycles. The van der Waals surface area contributed by atoms with Gasteiger partial charge in [0.2, 0.25) is 0 Å². The predicted octanol–water partition coefficient (Wildman–Crippen LogP) is 5.71. The van der Waals surface area contributed by atoms with E-state index >= 15 is 0 Å². The Kier molecular flexibility index (Phi) is 4.99. The van der Waals surface area contributed by atoms with E-state index < -0.39 is 0 Å². The summed E-state index contributed by atoms with van der Waals surface area (Å²) in [7, 11) is 0. The summed E-state index contributed by atoms with van der Waals surface area (Å²) in [4.78, 5) is 9.20. The molecule has 116 valence electrons. The van der Waals surface area contributed by atoms with Crippen molar-refractivity contribution >= 4 is 23.4 Å². The Morgan fingerprint density at radius 2 is 1.74 bits per heavy atom. The lowest BCUT2D eigenvalue weighted by molar-refractivity contribution is 1.02. The lowest BCUT2D eigenvalue weighted by atomic mass is 10.2. The number of thioether (sulfide) groups is 1. The van der Waals surface area contributed by atoms with Crippen LogP contribution in [0.1, 0.15) is 16.8 Å². The molecule has 0 amide bonds. The second kappa shape index (κ2) is 7.16. The molecule has 0 bridgehead atoms. The molecule has 3 rings (SSSR count). The number of aromatic nitrogens is 2. The number of rotatable bonds is 4. The molecule has 1 aromatic heterocycles. The van der Waals surface area contributed by atoms with E-state index in [2.05, 4.69) is 41.2 Å². The van der Waals surface area contributed by atoms with Gasteiger partial charge in [-0.3, -0.25) is 0 Å². The van der Waals surface area contributed by atoms with E-state index in [4.69, 9.17) is 11.6 Å². The lowest BCUT2D eigenvalue weighted by Gasteiger charge is -2.07. The van der Waals surface area contributed by atoms with Crippen LogP contribution >= 0.6 is 23.4 Å². The molecule has 0 spiro atoms. The Labute approximate surface area is 146 Å². The lowest BCUT2D eigenvalue weighted by Crippen LogP contribution is -1.94. The largest absolute Gasteiger partial charge is 0.233 e. The summed E-state index contributed by atoms with van der Waals surface area (Å²) in [6, 6.07) is 18.3. The summed E-state index contributed by atoms with van der Waals surface area (Å²) in [5, 5.41) is 1.68. The van der Waals surface area contributed by atoms with Crippen LogP contribution in [-0.2, 0) is 5.75 Å². The topological polar surface area (TPSA) is 25.8 Å². The summed E-state index contributed by atoms with van der Waals surface area (Å²) in [5.41, 5.74) is 4.47. The van der Waals surface area contributed by atoms with Gasteiger partial charge in [0.25, 0.3) is 0 Å². The number of hydrogen-bond acceptors (Lipinski definition) is 3. The zero-order chi connectivity index (χ0) is 16.2. The van der Waals surface area contributed by atoms with Gasteiger partial charge in [0.15, 0.2) is 5.82 Å². The molecule has 0 aliphatic heterocycles. The number of nitrogens with zero attached hydrogens (tertiary/aromatic N) is 2. The van der Waals surface area contributed by atoms with Crippen molar-refractivity contribution in [1.82, 2.24) is 9.97 Å². The summed E-state index contributed by atoms with van der Waals surface area (Å²) in [6.07, 6.45) is 0. The fourth-order valence-electron chi connectivity index (χ4n) is 2.21. The summed E-state index contributed by atoms with van der Waals surface area (Å²) < 4.78 is 0. The van der Waals surface area contributed by atoms with Crippen LogP contribution in [0.4, 0.5) is 0 Å². The van der Waals surface area contributed by atoms with Gasteiger partial charge >= 0.3 is 0 Å². The Morgan fingerprint density at radius 3 is 2.48 bits per heavy atom. The molecular formula is C19H17ClN2S. The third-order valence-corrected chi connectivity index (χ3v) is 4.64. The molecular weight excluding hydrogens is 324 g/mol. The highest BCUT2D eigenvalue weighted by atomic mass is 35.5.